The molecule has 0 aromatic heterocycles. The number of halogens is 2. The van der Waals surface area contributed by atoms with Gasteiger partial charge >= 0.3 is 0 Å². The lowest BCUT2D eigenvalue weighted by Crippen LogP contribution is -2.30. The third kappa shape index (κ3) is 8.97. The Kier molecular flexibility index (Phi) is 12.0. The number of anilines is 2. The van der Waals surface area contributed by atoms with Gasteiger partial charge < -0.3 is 30.2 Å². The molecule has 238 valence electrons. The Labute approximate surface area is 281 Å². The third-order valence-electron chi connectivity index (χ3n) is 6.49. The van der Waals surface area contributed by atoms with Gasteiger partial charge in [0, 0.05) is 21.2 Å². The molecule has 0 fully saturated rings. The average Bonchev–Trinajstić information content (AvgIpc) is 3.05. The molecule has 0 aliphatic carbocycles. The number of hydrogen-bond acceptors (Lipinski definition) is 7. The molecule has 0 saturated heterocycles. The van der Waals surface area contributed by atoms with Crippen molar-refractivity contribution in [2.24, 2.45) is 0 Å². The fraction of sp³-hybridized carbons (Fsp3) is 0.147. The maximum Gasteiger partial charge on any atom is 0.272 e. The van der Waals surface area contributed by atoms with E-state index in [1.54, 1.807) is 85.8 Å². The largest absolute Gasteiger partial charge is 0.493 e. The van der Waals surface area contributed by atoms with Gasteiger partial charge in [0.2, 0.25) is 11.7 Å². The lowest BCUT2D eigenvalue weighted by molar-refractivity contribution is -0.115. The molecule has 0 bridgehead atoms. The number of carbonyl (C=O) groups is 3. The van der Waals surface area contributed by atoms with E-state index in [1.165, 1.54) is 39.2 Å². The summed E-state index contributed by atoms with van der Waals surface area (Å²) >= 11 is 13.4. The first-order valence-electron chi connectivity index (χ1n) is 13.8. The molecule has 0 aliphatic heterocycles. The molecule has 0 saturated carbocycles. The van der Waals surface area contributed by atoms with E-state index in [4.69, 9.17) is 37.4 Å². The molecule has 3 N–H and O–H groups in total. The Morgan fingerprint density at radius 3 is 2.13 bits per heavy atom. The van der Waals surface area contributed by atoms with Crippen molar-refractivity contribution in [1.82, 2.24) is 5.32 Å². The van der Waals surface area contributed by atoms with Gasteiger partial charge in [-0.3, -0.25) is 14.4 Å². The second kappa shape index (κ2) is 16.1. The van der Waals surface area contributed by atoms with E-state index in [-0.39, 0.29) is 11.6 Å². The minimum atomic E-state index is -0.580. The SMILES string of the molecule is COc1cc(/C=C(/NC(=O)c2ccccc2)C(=O)Nc2cccc(SC(C)C(=O)Nc3ccc(Cl)cc3Cl)c2)cc(OC)c1OC. The van der Waals surface area contributed by atoms with Crippen LogP contribution in [0.2, 0.25) is 10.0 Å². The molecule has 46 heavy (non-hydrogen) atoms. The van der Waals surface area contributed by atoms with E-state index in [0.29, 0.717) is 49.8 Å². The molecular weight excluding hydrogens is 649 g/mol. The van der Waals surface area contributed by atoms with Gasteiger partial charge in [-0.25, -0.2) is 0 Å². The summed E-state index contributed by atoms with van der Waals surface area (Å²) in [6.45, 7) is 1.76. The van der Waals surface area contributed by atoms with Crippen molar-refractivity contribution >= 4 is 70.1 Å². The van der Waals surface area contributed by atoms with Gasteiger partial charge in [0.1, 0.15) is 5.70 Å². The van der Waals surface area contributed by atoms with Gasteiger partial charge in [0.05, 0.1) is 37.3 Å². The summed E-state index contributed by atoms with van der Waals surface area (Å²) < 4.78 is 16.3. The van der Waals surface area contributed by atoms with Crippen molar-refractivity contribution in [3.05, 3.63) is 112 Å². The Morgan fingerprint density at radius 2 is 1.50 bits per heavy atom. The molecule has 12 heteroatoms. The first-order chi connectivity index (χ1) is 22.1. The highest BCUT2D eigenvalue weighted by molar-refractivity contribution is 8.00. The zero-order valence-corrected chi connectivity index (χ0v) is 27.7. The topological polar surface area (TPSA) is 115 Å². The minimum absolute atomic E-state index is 0.0335. The van der Waals surface area contributed by atoms with Crippen LogP contribution in [0.1, 0.15) is 22.8 Å². The van der Waals surface area contributed by atoms with Crippen LogP contribution in [0.25, 0.3) is 6.08 Å². The molecule has 3 amide bonds. The monoisotopic (exact) mass is 679 g/mol. The van der Waals surface area contributed by atoms with Crippen molar-refractivity contribution in [1.29, 1.82) is 0 Å². The number of thioether (sulfide) groups is 1. The Hall–Kier alpha value is -4.64. The van der Waals surface area contributed by atoms with Crippen LogP contribution in [0.5, 0.6) is 17.2 Å². The zero-order valence-electron chi connectivity index (χ0n) is 25.4. The van der Waals surface area contributed by atoms with Gasteiger partial charge in [-0.2, -0.15) is 0 Å². The second-order valence-corrected chi connectivity index (χ2v) is 12.0. The Morgan fingerprint density at radius 1 is 0.804 bits per heavy atom. The molecule has 0 spiro atoms. The first-order valence-corrected chi connectivity index (χ1v) is 15.5. The van der Waals surface area contributed by atoms with Gasteiger partial charge in [0.25, 0.3) is 11.8 Å². The summed E-state index contributed by atoms with van der Waals surface area (Å²) in [5.41, 5.74) is 1.75. The molecule has 0 radical (unpaired) electrons. The highest BCUT2D eigenvalue weighted by Gasteiger charge is 2.19. The van der Waals surface area contributed by atoms with E-state index < -0.39 is 17.1 Å². The number of carbonyl (C=O) groups excluding carboxylic acids is 3. The lowest BCUT2D eigenvalue weighted by Gasteiger charge is -2.15. The molecule has 1 atom stereocenters. The number of rotatable bonds is 12. The molecule has 0 heterocycles. The van der Waals surface area contributed by atoms with Crippen molar-refractivity contribution in [3.63, 3.8) is 0 Å². The standard InChI is InChI=1S/C34H31Cl2N3O6S/c1-20(32(40)38-27-14-13-23(35)18-26(27)36)46-25-12-8-11-24(19-25)37-34(42)28(39-33(41)22-9-6-5-7-10-22)15-21-16-29(43-2)31(45-4)30(17-21)44-3/h5-20H,1-4H3,(H,37,42)(H,38,40)(H,39,41)/b28-15+. The summed E-state index contributed by atoms with van der Waals surface area (Å²) in [6, 6.07) is 23.7. The molecule has 4 aromatic carbocycles. The van der Waals surface area contributed by atoms with Crippen LogP contribution in [0.4, 0.5) is 11.4 Å². The summed E-state index contributed by atoms with van der Waals surface area (Å²) in [5, 5.41) is 8.66. The van der Waals surface area contributed by atoms with Crippen LogP contribution in [-0.4, -0.2) is 44.3 Å². The van der Waals surface area contributed by atoms with Crippen molar-refractivity contribution in [3.8, 4) is 17.2 Å². The Bertz CT molecular complexity index is 1740. The summed E-state index contributed by atoms with van der Waals surface area (Å²) in [5.74, 6) is -0.174. The fourth-order valence-corrected chi connectivity index (χ4v) is 5.60. The van der Waals surface area contributed by atoms with Crippen LogP contribution in [-0.2, 0) is 9.59 Å². The highest BCUT2D eigenvalue weighted by atomic mass is 35.5. The minimum Gasteiger partial charge on any atom is -0.493 e. The number of ether oxygens (including phenoxy) is 3. The van der Waals surface area contributed by atoms with E-state index in [2.05, 4.69) is 16.0 Å². The van der Waals surface area contributed by atoms with E-state index in [0.717, 1.165) is 4.90 Å². The zero-order chi connectivity index (χ0) is 33.2. The van der Waals surface area contributed by atoms with Crippen LogP contribution >= 0.6 is 35.0 Å². The highest BCUT2D eigenvalue weighted by Crippen LogP contribution is 2.39. The van der Waals surface area contributed by atoms with Crippen LogP contribution in [0, 0.1) is 0 Å². The molecule has 1 unspecified atom stereocenters. The first kappa shape index (κ1) is 34.2. The fourth-order valence-electron chi connectivity index (χ4n) is 4.22. The summed E-state index contributed by atoms with van der Waals surface area (Å²) in [4.78, 5) is 40.3. The van der Waals surface area contributed by atoms with Gasteiger partial charge in [-0.15, -0.1) is 11.8 Å². The van der Waals surface area contributed by atoms with Crippen LogP contribution in [0.15, 0.2) is 95.5 Å². The van der Waals surface area contributed by atoms with Gasteiger partial charge in [-0.05, 0) is 79.2 Å². The molecular formula is C34H31Cl2N3O6S. The van der Waals surface area contributed by atoms with Crippen LogP contribution in [0.3, 0.4) is 0 Å². The van der Waals surface area contributed by atoms with E-state index >= 15 is 0 Å². The summed E-state index contributed by atoms with van der Waals surface area (Å²) in [6.07, 6.45) is 1.51. The maximum atomic E-state index is 13.6. The van der Waals surface area contributed by atoms with E-state index in [9.17, 15) is 14.4 Å². The lowest BCUT2D eigenvalue weighted by atomic mass is 10.1. The van der Waals surface area contributed by atoms with Crippen molar-refractivity contribution in [2.75, 3.05) is 32.0 Å². The number of nitrogens with one attached hydrogen (secondary N) is 3. The number of methoxy groups -OCH3 is 3. The summed E-state index contributed by atoms with van der Waals surface area (Å²) in [7, 11) is 4.46. The maximum absolute atomic E-state index is 13.6. The molecule has 0 aliphatic rings. The number of hydrogen-bond donors (Lipinski definition) is 3. The predicted molar refractivity (Wildman–Crippen MR) is 183 cm³/mol. The smallest absolute Gasteiger partial charge is 0.272 e. The second-order valence-electron chi connectivity index (χ2n) is 9.69. The molecule has 4 aromatic rings. The predicted octanol–water partition coefficient (Wildman–Crippen LogP) is 7.55. The van der Waals surface area contributed by atoms with Gasteiger partial charge in [-0.1, -0.05) is 47.5 Å². The quantitative estimate of drug-likeness (QED) is 0.105. The number of benzene rings is 4. The van der Waals surface area contributed by atoms with E-state index in [1.807, 2.05) is 6.07 Å². The molecule has 9 nitrogen and oxygen atoms in total. The van der Waals surface area contributed by atoms with Crippen LogP contribution < -0.4 is 30.2 Å². The van der Waals surface area contributed by atoms with Gasteiger partial charge in [0.15, 0.2) is 11.5 Å². The number of amides is 3. The van der Waals surface area contributed by atoms with Crippen molar-refractivity contribution < 1.29 is 28.6 Å². The Balaban J connectivity index is 1.56. The molecule has 4 rings (SSSR count). The third-order valence-corrected chi connectivity index (χ3v) is 8.13. The van der Waals surface area contributed by atoms with Crippen molar-refractivity contribution in [2.45, 2.75) is 17.1 Å². The average molecular weight is 681 g/mol. The normalized spacial score (nSPS) is 11.7.